The standard InChI is InChI=1S/C12H19NO3/c14-11(9-4-1-2-5-9)13-7-3-6-10(8-13)12(15)16/h9-10H,1-8H2,(H,15,16)/t10-/m1/s1. The lowest BCUT2D eigenvalue weighted by Gasteiger charge is -2.32. The molecular formula is C12H19NO3. The number of piperidine rings is 1. The zero-order chi connectivity index (χ0) is 11.5. The van der Waals surface area contributed by atoms with E-state index in [1.54, 1.807) is 4.90 Å². The molecule has 4 nitrogen and oxygen atoms in total. The summed E-state index contributed by atoms with van der Waals surface area (Å²) in [4.78, 5) is 24.8. The highest BCUT2D eigenvalue weighted by Gasteiger charge is 2.32. The Kier molecular flexibility index (Phi) is 3.46. The van der Waals surface area contributed by atoms with Crippen LogP contribution in [-0.4, -0.2) is 35.0 Å². The molecule has 1 N–H and O–H groups in total. The third kappa shape index (κ3) is 2.36. The van der Waals surface area contributed by atoms with Crippen molar-refractivity contribution in [3.63, 3.8) is 0 Å². The van der Waals surface area contributed by atoms with Crippen molar-refractivity contribution in [2.75, 3.05) is 13.1 Å². The minimum atomic E-state index is -0.760. The van der Waals surface area contributed by atoms with Crippen molar-refractivity contribution in [1.82, 2.24) is 4.90 Å². The summed E-state index contributed by atoms with van der Waals surface area (Å²) in [6.45, 7) is 1.17. The van der Waals surface area contributed by atoms with Crippen LogP contribution in [0.4, 0.5) is 0 Å². The summed E-state index contributed by atoms with van der Waals surface area (Å²) in [5, 5.41) is 8.97. The molecule has 90 valence electrons. The van der Waals surface area contributed by atoms with Crippen LogP contribution in [0, 0.1) is 11.8 Å². The van der Waals surface area contributed by atoms with E-state index in [0.717, 1.165) is 38.6 Å². The van der Waals surface area contributed by atoms with Crippen molar-refractivity contribution in [2.45, 2.75) is 38.5 Å². The van der Waals surface area contributed by atoms with Crippen molar-refractivity contribution in [1.29, 1.82) is 0 Å². The smallest absolute Gasteiger partial charge is 0.308 e. The summed E-state index contributed by atoms with van der Waals surface area (Å²) in [7, 11) is 0. The number of carboxylic acid groups (broad SMARTS) is 1. The Hall–Kier alpha value is -1.06. The van der Waals surface area contributed by atoms with Gasteiger partial charge in [-0.3, -0.25) is 9.59 Å². The molecule has 0 radical (unpaired) electrons. The first kappa shape index (κ1) is 11.4. The van der Waals surface area contributed by atoms with Crippen LogP contribution < -0.4 is 0 Å². The van der Waals surface area contributed by atoms with Crippen molar-refractivity contribution < 1.29 is 14.7 Å². The second kappa shape index (κ2) is 4.85. The van der Waals surface area contributed by atoms with Crippen molar-refractivity contribution in [3.8, 4) is 0 Å². The normalized spacial score (nSPS) is 27.0. The molecule has 2 fully saturated rings. The third-order valence-electron chi connectivity index (χ3n) is 3.79. The molecule has 16 heavy (non-hydrogen) atoms. The molecule has 1 saturated carbocycles. The molecule has 1 saturated heterocycles. The van der Waals surface area contributed by atoms with Crippen LogP contribution in [0.5, 0.6) is 0 Å². The van der Waals surface area contributed by atoms with Crippen molar-refractivity contribution in [3.05, 3.63) is 0 Å². The molecule has 0 aromatic carbocycles. The minimum Gasteiger partial charge on any atom is -0.481 e. The molecule has 4 heteroatoms. The molecule has 2 rings (SSSR count). The van der Waals surface area contributed by atoms with Gasteiger partial charge in [0, 0.05) is 19.0 Å². The van der Waals surface area contributed by atoms with Gasteiger partial charge >= 0.3 is 5.97 Å². The van der Waals surface area contributed by atoms with E-state index in [4.69, 9.17) is 5.11 Å². The van der Waals surface area contributed by atoms with Crippen LogP contribution in [-0.2, 0) is 9.59 Å². The highest BCUT2D eigenvalue weighted by Crippen LogP contribution is 2.28. The molecule has 1 amide bonds. The molecule has 0 bridgehead atoms. The number of amides is 1. The number of carbonyl (C=O) groups is 2. The van der Waals surface area contributed by atoms with E-state index < -0.39 is 5.97 Å². The number of nitrogens with zero attached hydrogens (tertiary/aromatic N) is 1. The number of rotatable bonds is 2. The third-order valence-corrected chi connectivity index (χ3v) is 3.79. The van der Waals surface area contributed by atoms with E-state index in [1.807, 2.05) is 0 Å². The molecule has 0 unspecified atom stereocenters. The van der Waals surface area contributed by atoms with E-state index in [2.05, 4.69) is 0 Å². The predicted molar refractivity (Wildman–Crippen MR) is 58.9 cm³/mol. The van der Waals surface area contributed by atoms with E-state index in [9.17, 15) is 9.59 Å². The SMILES string of the molecule is O=C(O)[C@@H]1CCCN(C(=O)C2CCCC2)C1. The monoisotopic (exact) mass is 225 g/mol. The fourth-order valence-corrected chi connectivity index (χ4v) is 2.81. The van der Waals surface area contributed by atoms with Crippen LogP contribution >= 0.6 is 0 Å². The average Bonchev–Trinajstić information content (AvgIpc) is 2.81. The summed E-state index contributed by atoms with van der Waals surface area (Å²) < 4.78 is 0. The fraction of sp³-hybridized carbons (Fsp3) is 0.833. The average molecular weight is 225 g/mol. The van der Waals surface area contributed by atoms with Gasteiger partial charge in [0.15, 0.2) is 0 Å². The Bertz CT molecular complexity index is 284. The Morgan fingerprint density at radius 1 is 1.00 bits per heavy atom. The molecule has 1 heterocycles. The number of carboxylic acids is 1. The minimum absolute atomic E-state index is 0.174. The molecule has 1 aliphatic heterocycles. The van der Waals surface area contributed by atoms with Gasteiger partial charge in [-0.1, -0.05) is 12.8 Å². The molecule has 1 aliphatic carbocycles. The van der Waals surface area contributed by atoms with Gasteiger partial charge in [-0.25, -0.2) is 0 Å². The first-order valence-electron chi connectivity index (χ1n) is 6.20. The zero-order valence-corrected chi connectivity index (χ0v) is 9.52. The van der Waals surface area contributed by atoms with Gasteiger partial charge in [-0.05, 0) is 25.7 Å². The Labute approximate surface area is 95.6 Å². The van der Waals surface area contributed by atoms with Gasteiger partial charge in [0.2, 0.25) is 5.91 Å². The molecule has 2 aliphatic rings. The van der Waals surface area contributed by atoms with Gasteiger partial charge in [0.05, 0.1) is 5.92 Å². The molecule has 1 atom stereocenters. The lowest BCUT2D eigenvalue weighted by atomic mass is 9.96. The zero-order valence-electron chi connectivity index (χ0n) is 9.52. The lowest BCUT2D eigenvalue weighted by molar-refractivity contribution is -0.146. The Balaban J connectivity index is 1.93. The Morgan fingerprint density at radius 3 is 2.25 bits per heavy atom. The van der Waals surface area contributed by atoms with E-state index in [-0.39, 0.29) is 17.7 Å². The summed E-state index contributed by atoms with van der Waals surface area (Å²) in [5.41, 5.74) is 0. The van der Waals surface area contributed by atoms with Gasteiger partial charge < -0.3 is 10.0 Å². The largest absolute Gasteiger partial charge is 0.481 e. The summed E-state index contributed by atoms with van der Waals surface area (Å²) in [5.74, 6) is -0.737. The summed E-state index contributed by atoms with van der Waals surface area (Å²) in [6.07, 6.45) is 5.82. The highest BCUT2D eigenvalue weighted by molar-refractivity contribution is 5.80. The second-order valence-electron chi connectivity index (χ2n) is 4.94. The maximum absolute atomic E-state index is 12.1. The van der Waals surface area contributed by atoms with Crippen LogP contribution in [0.2, 0.25) is 0 Å². The quantitative estimate of drug-likeness (QED) is 0.774. The topological polar surface area (TPSA) is 57.6 Å². The number of carbonyl (C=O) groups excluding carboxylic acids is 1. The summed E-state index contributed by atoms with van der Waals surface area (Å²) in [6, 6.07) is 0. The molecular weight excluding hydrogens is 206 g/mol. The van der Waals surface area contributed by atoms with Gasteiger partial charge in [0.25, 0.3) is 0 Å². The van der Waals surface area contributed by atoms with E-state index in [1.165, 1.54) is 0 Å². The maximum Gasteiger partial charge on any atom is 0.308 e. The van der Waals surface area contributed by atoms with Crippen LogP contribution in [0.1, 0.15) is 38.5 Å². The number of hydrogen-bond donors (Lipinski definition) is 1. The first-order chi connectivity index (χ1) is 7.68. The summed E-state index contributed by atoms with van der Waals surface area (Å²) >= 11 is 0. The van der Waals surface area contributed by atoms with Crippen molar-refractivity contribution in [2.24, 2.45) is 11.8 Å². The molecule has 0 aromatic rings. The highest BCUT2D eigenvalue weighted by atomic mass is 16.4. The Morgan fingerprint density at radius 2 is 1.62 bits per heavy atom. The van der Waals surface area contributed by atoms with Crippen LogP contribution in [0.25, 0.3) is 0 Å². The second-order valence-corrected chi connectivity index (χ2v) is 4.94. The number of likely N-dealkylation sites (tertiary alicyclic amines) is 1. The van der Waals surface area contributed by atoms with Crippen LogP contribution in [0.15, 0.2) is 0 Å². The number of hydrogen-bond acceptors (Lipinski definition) is 2. The van der Waals surface area contributed by atoms with E-state index >= 15 is 0 Å². The number of aliphatic carboxylic acids is 1. The maximum atomic E-state index is 12.1. The molecule has 0 aromatic heterocycles. The van der Waals surface area contributed by atoms with Gasteiger partial charge in [-0.2, -0.15) is 0 Å². The predicted octanol–water partition coefficient (Wildman–Crippen LogP) is 1.50. The van der Waals surface area contributed by atoms with Crippen molar-refractivity contribution >= 4 is 11.9 Å². The van der Waals surface area contributed by atoms with E-state index in [0.29, 0.717) is 13.0 Å². The van der Waals surface area contributed by atoms with Gasteiger partial charge in [-0.15, -0.1) is 0 Å². The lowest BCUT2D eigenvalue weighted by Crippen LogP contribution is -2.44. The fourth-order valence-electron chi connectivity index (χ4n) is 2.81. The van der Waals surface area contributed by atoms with Crippen LogP contribution in [0.3, 0.4) is 0 Å². The van der Waals surface area contributed by atoms with Gasteiger partial charge in [0.1, 0.15) is 0 Å². The molecule has 0 spiro atoms. The first-order valence-corrected chi connectivity index (χ1v) is 6.20.